The molecular weight excluding hydrogens is 232 g/mol. The lowest BCUT2D eigenvalue weighted by Gasteiger charge is -2.30. The van der Waals surface area contributed by atoms with Gasteiger partial charge >= 0.3 is 0 Å². The lowest BCUT2D eigenvalue weighted by Crippen LogP contribution is -2.44. The van der Waals surface area contributed by atoms with Crippen LogP contribution in [-0.2, 0) is 11.2 Å². The van der Waals surface area contributed by atoms with E-state index in [1.165, 1.54) is 0 Å². The van der Waals surface area contributed by atoms with Gasteiger partial charge in [-0.15, -0.1) is 0 Å². The van der Waals surface area contributed by atoms with Crippen molar-refractivity contribution < 1.29 is 14.0 Å². The first-order valence-electron chi connectivity index (χ1n) is 6.29. The molecule has 2 heterocycles. The highest BCUT2D eigenvalue weighted by Crippen LogP contribution is 2.19. The third-order valence-corrected chi connectivity index (χ3v) is 3.33. The van der Waals surface area contributed by atoms with E-state index >= 15 is 0 Å². The standard InChI is InChI=1S/C13H18N2O3/c1-2-10-5-6-11(18-10)13(17)15-7-3-4-9(8-15)12(14)16/h5-6,9H,2-4,7-8H2,1H3,(H2,14,16)/t9-/m1/s1. The van der Waals surface area contributed by atoms with Crippen LogP contribution in [0.15, 0.2) is 16.5 Å². The highest BCUT2D eigenvalue weighted by Gasteiger charge is 2.28. The molecule has 5 heteroatoms. The molecule has 2 N–H and O–H groups in total. The second-order valence-electron chi connectivity index (χ2n) is 4.61. The molecule has 1 atom stereocenters. The normalized spacial score (nSPS) is 19.8. The SMILES string of the molecule is CCc1ccc(C(=O)N2CCC[C@@H](C(N)=O)C2)o1. The van der Waals surface area contributed by atoms with Crippen molar-refractivity contribution in [3.8, 4) is 0 Å². The first-order valence-corrected chi connectivity index (χ1v) is 6.29. The number of hydrogen-bond donors (Lipinski definition) is 1. The number of likely N-dealkylation sites (tertiary alicyclic amines) is 1. The van der Waals surface area contributed by atoms with Gasteiger partial charge in [-0.3, -0.25) is 9.59 Å². The van der Waals surface area contributed by atoms with E-state index in [2.05, 4.69) is 0 Å². The number of hydrogen-bond acceptors (Lipinski definition) is 3. The fourth-order valence-corrected chi connectivity index (χ4v) is 2.23. The van der Waals surface area contributed by atoms with Crippen LogP contribution in [-0.4, -0.2) is 29.8 Å². The van der Waals surface area contributed by atoms with E-state index in [0.29, 0.717) is 18.8 Å². The van der Waals surface area contributed by atoms with Gasteiger partial charge in [0.2, 0.25) is 5.91 Å². The molecule has 1 aromatic heterocycles. The Kier molecular flexibility index (Phi) is 3.69. The Bertz CT molecular complexity index is 453. The number of aryl methyl sites for hydroxylation is 1. The van der Waals surface area contributed by atoms with E-state index in [-0.39, 0.29) is 17.7 Å². The second-order valence-corrected chi connectivity index (χ2v) is 4.61. The number of nitrogens with two attached hydrogens (primary N) is 1. The predicted molar refractivity (Wildman–Crippen MR) is 65.9 cm³/mol. The van der Waals surface area contributed by atoms with Gasteiger partial charge in [-0.1, -0.05) is 6.92 Å². The van der Waals surface area contributed by atoms with Crippen LogP contribution >= 0.6 is 0 Å². The van der Waals surface area contributed by atoms with Gasteiger partial charge in [-0.25, -0.2) is 0 Å². The van der Waals surface area contributed by atoms with E-state index in [1.54, 1.807) is 11.0 Å². The highest BCUT2D eigenvalue weighted by molar-refractivity contribution is 5.92. The van der Waals surface area contributed by atoms with Crippen LogP contribution in [0.4, 0.5) is 0 Å². The van der Waals surface area contributed by atoms with E-state index in [4.69, 9.17) is 10.2 Å². The van der Waals surface area contributed by atoms with Gasteiger partial charge in [0.15, 0.2) is 5.76 Å². The zero-order valence-electron chi connectivity index (χ0n) is 10.5. The summed E-state index contributed by atoms with van der Waals surface area (Å²) < 4.78 is 5.44. The number of carbonyl (C=O) groups is 2. The third-order valence-electron chi connectivity index (χ3n) is 3.33. The molecule has 18 heavy (non-hydrogen) atoms. The van der Waals surface area contributed by atoms with Crippen molar-refractivity contribution in [3.63, 3.8) is 0 Å². The van der Waals surface area contributed by atoms with E-state index in [9.17, 15) is 9.59 Å². The van der Waals surface area contributed by atoms with E-state index in [0.717, 1.165) is 25.0 Å². The van der Waals surface area contributed by atoms with Crippen LogP contribution in [0.1, 0.15) is 36.1 Å². The van der Waals surface area contributed by atoms with Crippen LogP contribution in [0, 0.1) is 5.92 Å². The van der Waals surface area contributed by atoms with E-state index in [1.807, 2.05) is 13.0 Å². The molecule has 2 amide bonds. The first-order chi connectivity index (χ1) is 8.61. The summed E-state index contributed by atoms with van der Waals surface area (Å²) in [5, 5.41) is 0. The Morgan fingerprint density at radius 3 is 2.89 bits per heavy atom. The maximum atomic E-state index is 12.2. The largest absolute Gasteiger partial charge is 0.456 e. The van der Waals surface area contributed by atoms with Crippen molar-refractivity contribution in [2.45, 2.75) is 26.2 Å². The van der Waals surface area contributed by atoms with Gasteiger partial charge in [0, 0.05) is 19.5 Å². The summed E-state index contributed by atoms with van der Waals surface area (Å²) in [6.07, 6.45) is 2.33. The maximum absolute atomic E-state index is 12.2. The number of rotatable bonds is 3. The fraction of sp³-hybridized carbons (Fsp3) is 0.538. The number of primary amides is 1. The van der Waals surface area contributed by atoms with Crippen LogP contribution in [0.25, 0.3) is 0 Å². The van der Waals surface area contributed by atoms with Crippen LogP contribution in [0.3, 0.4) is 0 Å². The van der Waals surface area contributed by atoms with Crippen molar-refractivity contribution in [2.24, 2.45) is 11.7 Å². The summed E-state index contributed by atoms with van der Waals surface area (Å²) in [5.41, 5.74) is 5.29. The molecule has 0 radical (unpaired) electrons. The molecule has 1 aliphatic heterocycles. The van der Waals surface area contributed by atoms with Crippen molar-refractivity contribution in [2.75, 3.05) is 13.1 Å². The summed E-state index contributed by atoms with van der Waals surface area (Å²) in [6.45, 7) is 3.03. The minimum Gasteiger partial charge on any atom is -0.456 e. The second kappa shape index (κ2) is 5.25. The van der Waals surface area contributed by atoms with Crippen molar-refractivity contribution in [1.82, 2.24) is 4.90 Å². The Morgan fingerprint density at radius 1 is 1.50 bits per heavy atom. The van der Waals surface area contributed by atoms with Gasteiger partial charge in [-0.2, -0.15) is 0 Å². The molecular formula is C13H18N2O3. The molecule has 1 fully saturated rings. The third kappa shape index (κ3) is 2.55. The van der Waals surface area contributed by atoms with Gasteiger partial charge < -0.3 is 15.1 Å². The van der Waals surface area contributed by atoms with Crippen LogP contribution in [0.2, 0.25) is 0 Å². The molecule has 0 aromatic carbocycles. The van der Waals surface area contributed by atoms with Gasteiger partial charge in [0.05, 0.1) is 5.92 Å². The summed E-state index contributed by atoms with van der Waals surface area (Å²) >= 11 is 0. The van der Waals surface area contributed by atoms with Gasteiger partial charge in [-0.05, 0) is 25.0 Å². The quantitative estimate of drug-likeness (QED) is 0.875. The van der Waals surface area contributed by atoms with Gasteiger partial charge in [0.1, 0.15) is 5.76 Å². The molecule has 0 aliphatic carbocycles. The summed E-state index contributed by atoms with van der Waals surface area (Å²) in [6, 6.07) is 3.50. The number of piperidine rings is 1. The minimum atomic E-state index is -0.332. The molecule has 5 nitrogen and oxygen atoms in total. The Morgan fingerprint density at radius 2 is 2.28 bits per heavy atom. The molecule has 98 valence electrons. The Balaban J connectivity index is 2.06. The fourth-order valence-electron chi connectivity index (χ4n) is 2.23. The average Bonchev–Trinajstić information content (AvgIpc) is 2.86. The molecule has 0 unspecified atom stereocenters. The zero-order chi connectivity index (χ0) is 13.1. The molecule has 0 bridgehead atoms. The number of furan rings is 1. The van der Waals surface area contributed by atoms with Crippen LogP contribution < -0.4 is 5.73 Å². The number of carbonyl (C=O) groups excluding carboxylic acids is 2. The molecule has 1 aliphatic rings. The van der Waals surface area contributed by atoms with E-state index < -0.39 is 0 Å². The average molecular weight is 250 g/mol. The van der Waals surface area contributed by atoms with Crippen molar-refractivity contribution in [1.29, 1.82) is 0 Å². The molecule has 0 spiro atoms. The summed E-state index contributed by atoms with van der Waals surface area (Å²) in [4.78, 5) is 25.0. The van der Waals surface area contributed by atoms with Crippen molar-refractivity contribution >= 4 is 11.8 Å². The van der Waals surface area contributed by atoms with Crippen molar-refractivity contribution in [3.05, 3.63) is 23.7 Å². The first kappa shape index (κ1) is 12.7. The van der Waals surface area contributed by atoms with Crippen LogP contribution in [0.5, 0.6) is 0 Å². The molecule has 1 aromatic rings. The predicted octanol–water partition coefficient (Wildman–Crippen LogP) is 1.18. The number of amides is 2. The Labute approximate surface area is 106 Å². The lowest BCUT2D eigenvalue weighted by atomic mass is 9.97. The monoisotopic (exact) mass is 250 g/mol. The minimum absolute atomic E-state index is 0.152. The molecule has 2 rings (SSSR count). The topological polar surface area (TPSA) is 76.5 Å². The smallest absolute Gasteiger partial charge is 0.289 e. The Hall–Kier alpha value is -1.78. The number of nitrogens with zero attached hydrogens (tertiary/aromatic N) is 1. The highest BCUT2D eigenvalue weighted by atomic mass is 16.4. The maximum Gasteiger partial charge on any atom is 0.289 e. The summed E-state index contributed by atoms with van der Waals surface area (Å²) in [5.74, 6) is 0.420. The molecule has 0 saturated carbocycles. The zero-order valence-corrected chi connectivity index (χ0v) is 10.5. The lowest BCUT2D eigenvalue weighted by molar-refractivity contribution is -0.123. The molecule has 1 saturated heterocycles. The van der Waals surface area contributed by atoms with Gasteiger partial charge in [0.25, 0.3) is 5.91 Å². The summed E-state index contributed by atoms with van der Waals surface area (Å²) in [7, 11) is 0.